The van der Waals surface area contributed by atoms with Crippen LogP contribution in [0.5, 0.6) is 5.75 Å². The Labute approximate surface area is 332 Å². The van der Waals surface area contributed by atoms with Crippen molar-refractivity contribution >= 4 is 0 Å². The van der Waals surface area contributed by atoms with Gasteiger partial charge in [0.25, 0.3) is 0 Å². The minimum Gasteiger partial charge on any atom is -0.429 e. The second kappa shape index (κ2) is 19.1. The molecular weight excluding hydrogens is 742 g/mol. The van der Waals surface area contributed by atoms with Gasteiger partial charge in [0.1, 0.15) is 22.9 Å². The Hall–Kier alpha value is -4.11. The van der Waals surface area contributed by atoms with E-state index in [1.54, 1.807) is 29.8 Å². The molecule has 57 heavy (non-hydrogen) atoms. The molecule has 1 heterocycles. The molecule has 0 N–H and O–H groups in total. The van der Waals surface area contributed by atoms with E-state index in [4.69, 9.17) is 4.74 Å². The summed E-state index contributed by atoms with van der Waals surface area (Å²) in [5.74, 6) is -5.52. The van der Waals surface area contributed by atoms with Crippen molar-refractivity contribution in [1.29, 1.82) is 0 Å². The molecule has 0 spiro atoms. The summed E-state index contributed by atoms with van der Waals surface area (Å²) in [6.07, 6.45) is 13.6. The van der Waals surface area contributed by atoms with Crippen LogP contribution >= 0.6 is 0 Å². The SMILES string of the molecule is C=CCCC1CCC(C2CCC(c3ccc(C)cc3)CC2)CC1.CC1CCC(c2ccc(-c3cc(F)c(C(F)(F)Oc4cc(F)c(F)c(F)c4)c(F)c3)cc2)OC1. The predicted molar refractivity (Wildman–Crippen MR) is 210 cm³/mol. The molecule has 2 saturated carbocycles. The number of alkyl halides is 2. The summed E-state index contributed by atoms with van der Waals surface area (Å²) in [6, 6.07) is 17.7. The third-order valence-electron chi connectivity index (χ3n) is 12.3. The van der Waals surface area contributed by atoms with Crippen molar-refractivity contribution in [3.8, 4) is 16.9 Å². The number of benzene rings is 4. The Kier molecular flexibility index (Phi) is 14.2. The maximum Gasteiger partial charge on any atom is 0.432 e. The van der Waals surface area contributed by atoms with E-state index in [0.717, 1.165) is 42.1 Å². The number of allylic oxidation sites excluding steroid dienone is 1. The Morgan fingerprint density at radius 1 is 0.684 bits per heavy atom. The topological polar surface area (TPSA) is 18.5 Å². The first kappa shape index (κ1) is 42.5. The van der Waals surface area contributed by atoms with Crippen LogP contribution in [0.1, 0.15) is 118 Å². The van der Waals surface area contributed by atoms with Crippen molar-refractivity contribution in [2.75, 3.05) is 6.61 Å². The first-order valence-corrected chi connectivity index (χ1v) is 20.4. The summed E-state index contributed by atoms with van der Waals surface area (Å²) in [6.45, 7) is 8.79. The summed E-state index contributed by atoms with van der Waals surface area (Å²) in [5.41, 5.74) is 2.50. The molecule has 306 valence electrons. The predicted octanol–water partition coefficient (Wildman–Crippen LogP) is 14.7. The average molecular weight is 795 g/mol. The van der Waals surface area contributed by atoms with Gasteiger partial charge in [-0.3, -0.25) is 0 Å². The van der Waals surface area contributed by atoms with Crippen LogP contribution in [0.3, 0.4) is 0 Å². The summed E-state index contributed by atoms with van der Waals surface area (Å²) in [7, 11) is 0. The third-order valence-corrected chi connectivity index (χ3v) is 12.3. The van der Waals surface area contributed by atoms with Gasteiger partial charge in [0.05, 0.1) is 6.10 Å². The molecule has 3 aliphatic rings. The van der Waals surface area contributed by atoms with Gasteiger partial charge in [-0.15, -0.1) is 6.58 Å². The summed E-state index contributed by atoms with van der Waals surface area (Å²) in [5, 5.41) is 0. The van der Waals surface area contributed by atoms with Crippen LogP contribution in [0.2, 0.25) is 0 Å². The highest BCUT2D eigenvalue weighted by Gasteiger charge is 2.42. The Morgan fingerprint density at radius 3 is 1.79 bits per heavy atom. The van der Waals surface area contributed by atoms with Gasteiger partial charge in [-0.25, -0.2) is 22.0 Å². The molecule has 4 aromatic rings. The van der Waals surface area contributed by atoms with Crippen LogP contribution in [0, 0.1) is 59.7 Å². The van der Waals surface area contributed by atoms with Crippen LogP contribution in [0.25, 0.3) is 11.1 Å². The molecule has 7 rings (SSSR count). The second-order valence-corrected chi connectivity index (χ2v) is 16.4. The highest BCUT2D eigenvalue weighted by molar-refractivity contribution is 5.64. The molecule has 1 aliphatic heterocycles. The van der Waals surface area contributed by atoms with Crippen molar-refractivity contribution in [3.63, 3.8) is 0 Å². The van der Waals surface area contributed by atoms with E-state index in [-0.39, 0.29) is 23.8 Å². The third kappa shape index (κ3) is 10.9. The van der Waals surface area contributed by atoms with Crippen LogP contribution in [-0.4, -0.2) is 6.61 Å². The van der Waals surface area contributed by atoms with Crippen LogP contribution in [0.15, 0.2) is 85.5 Å². The van der Waals surface area contributed by atoms with Gasteiger partial charge in [-0.05, 0) is 135 Å². The monoisotopic (exact) mass is 794 g/mol. The Bertz CT molecular complexity index is 1870. The van der Waals surface area contributed by atoms with Gasteiger partial charge < -0.3 is 9.47 Å². The lowest BCUT2D eigenvalue weighted by atomic mass is 9.68. The minimum atomic E-state index is -4.64. The molecule has 2 nitrogen and oxygen atoms in total. The molecule has 2 unspecified atom stereocenters. The number of aryl methyl sites for hydroxylation is 1. The van der Waals surface area contributed by atoms with Crippen molar-refractivity contribution in [2.45, 2.75) is 109 Å². The number of rotatable bonds is 10. The first-order valence-electron chi connectivity index (χ1n) is 20.4. The van der Waals surface area contributed by atoms with Gasteiger partial charge in [0.2, 0.25) is 0 Å². The molecule has 2 aliphatic carbocycles. The van der Waals surface area contributed by atoms with Crippen molar-refractivity contribution < 1.29 is 40.2 Å². The molecule has 3 fully saturated rings. The zero-order chi connectivity index (χ0) is 40.7. The van der Waals surface area contributed by atoms with Crippen molar-refractivity contribution in [2.24, 2.45) is 23.7 Å². The maximum atomic E-state index is 14.6. The number of hydrogen-bond acceptors (Lipinski definition) is 2. The van der Waals surface area contributed by atoms with E-state index >= 15 is 0 Å². The zero-order valence-corrected chi connectivity index (χ0v) is 32.8. The Balaban J connectivity index is 0.000000208. The fraction of sp³-hybridized carbons (Fsp3) is 0.458. The molecule has 2 atom stereocenters. The van der Waals surface area contributed by atoms with Gasteiger partial charge in [-0.1, -0.05) is 79.9 Å². The molecule has 9 heteroatoms. The lowest BCUT2D eigenvalue weighted by molar-refractivity contribution is -0.189. The highest BCUT2D eigenvalue weighted by Crippen LogP contribution is 2.45. The largest absolute Gasteiger partial charge is 0.432 e. The smallest absolute Gasteiger partial charge is 0.429 e. The highest BCUT2D eigenvalue weighted by atomic mass is 19.3. The lowest BCUT2D eigenvalue weighted by Gasteiger charge is -2.38. The first-order chi connectivity index (χ1) is 27.3. The summed E-state index contributed by atoms with van der Waals surface area (Å²) >= 11 is 0. The second-order valence-electron chi connectivity index (χ2n) is 16.4. The minimum absolute atomic E-state index is 0.00171. The molecule has 1 saturated heterocycles. The van der Waals surface area contributed by atoms with E-state index < -0.39 is 46.5 Å². The van der Waals surface area contributed by atoms with E-state index in [0.29, 0.717) is 30.2 Å². The quantitative estimate of drug-likeness (QED) is 0.0904. The number of halogens is 7. The Morgan fingerprint density at radius 2 is 1.25 bits per heavy atom. The number of ether oxygens (including phenoxy) is 2. The van der Waals surface area contributed by atoms with E-state index in [9.17, 15) is 30.7 Å². The fourth-order valence-electron chi connectivity index (χ4n) is 8.91. The van der Waals surface area contributed by atoms with Crippen LogP contribution < -0.4 is 4.74 Å². The molecule has 0 bridgehead atoms. The number of hydrogen-bond donors (Lipinski definition) is 0. The zero-order valence-electron chi connectivity index (χ0n) is 32.8. The normalized spacial score (nSPS) is 23.9. The van der Waals surface area contributed by atoms with Gasteiger partial charge in [-0.2, -0.15) is 8.78 Å². The van der Waals surface area contributed by atoms with Crippen LogP contribution in [-0.2, 0) is 10.8 Å². The molecule has 0 amide bonds. The molecule has 0 aromatic heterocycles. The van der Waals surface area contributed by atoms with E-state index in [1.807, 2.05) is 0 Å². The van der Waals surface area contributed by atoms with E-state index in [1.165, 1.54) is 69.8 Å². The summed E-state index contributed by atoms with van der Waals surface area (Å²) < 4.78 is 108. The molecule has 4 aromatic carbocycles. The van der Waals surface area contributed by atoms with Crippen LogP contribution in [0.4, 0.5) is 30.7 Å². The van der Waals surface area contributed by atoms with Crippen molar-refractivity contribution in [3.05, 3.63) is 137 Å². The van der Waals surface area contributed by atoms with Gasteiger partial charge in [0, 0.05) is 18.7 Å². The average Bonchev–Trinajstić information content (AvgIpc) is 3.20. The fourth-order valence-corrected chi connectivity index (χ4v) is 8.91. The van der Waals surface area contributed by atoms with Crippen molar-refractivity contribution in [1.82, 2.24) is 0 Å². The van der Waals surface area contributed by atoms with Gasteiger partial charge >= 0.3 is 6.11 Å². The van der Waals surface area contributed by atoms with Gasteiger partial charge in [0.15, 0.2) is 17.5 Å². The molecule has 0 radical (unpaired) electrons. The van der Waals surface area contributed by atoms with E-state index in [2.05, 4.69) is 55.5 Å². The maximum absolute atomic E-state index is 14.6. The lowest BCUT2D eigenvalue weighted by Crippen LogP contribution is -2.25. The summed E-state index contributed by atoms with van der Waals surface area (Å²) in [4.78, 5) is 0. The standard InChI is InChI=1S/C25H19F7O2.C23H34/c1-13-2-7-22(33-12-13)15-5-3-14(4-6-15)16-8-18(26)23(19(27)9-16)25(31,32)34-17-10-20(28)24(30)21(29)11-17;1-3-4-5-19-8-12-21(13-9-19)23-16-14-22(15-17-23)20-10-6-18(2)7-11-20/h3-6,8-11,13,22H,2,7,12H2,1H3;3,6-7,10-11,19,21-23H,1,4-5,8-9,12-17H2,2H3. The molecular formula is C48H53F7O2.